The second-order valence-corrected chi connectivity index (χ2v) is 7.70. The summed E-state index contributed by atoms with van der Waals surface area (Å²) in [6, 6.07) is 16.0. The van der Waals surface area contributed by atoms with Crippen molar-refractivity contribution in [3.8, 4) is 28.7 Å². The average Bonchev–Trinajstić information content (AvgIpc) is 3.45. The van der Waals surface area contributed by atoms with Crippen LogP contribution in [0.25, 0.3) is 33.5 Å². The summed E-state index contributed by atoms with van der Waals surface area (Å²) in [4.78, 5) is 13.1. The van der Waals surface area contributed by atoms with Crippen LogP contribution in [0.3, 0.4) is 0 Å². The topological polar surface area (TPSA) is 72.3 Å². The van der Waals surface area contributed by atoms with Crippen molar-refractivity contribution >= 4 is 10.9 Å². The molecule has 4 heterocycles. The lowest BCUT2D eigenvalue weighted by molar-refractivity contribution is 0.868. The Kier molecular flexibility index (Phi) is 4.57. The number of pyridine rings is 2. The molecule has 0 saturated heterocycles. The van der Waals surface area contributed by atoms with Crippen LogP contribution in [0.1, 0.15) is 31.0 Å². The number of nitrogens with zero attached hydrogens (tertiary/aromatic N) is 6. The van der Waals surface area contributed by atoms with Gasteiger partial charge < -0.3 is 9.13 Å². The van der Waals surface area contributed by atoms with Gasteiger partial charge in [-0.3, -0.25) is 4.98 Å². The van der Waals surface area contributed by atoms with E-state index in [9.17, 15) is 0 Å². The molecule has 0 spiro atoms. The Morgan fingerprint density at radius 3 is 2.58 bits per heavy atom. The van der Waals surface area contributed by atoms with Gasteiger partial charge in [-0.05, 0) is 47.9 Å². The molecule has 0 bridgehead atoms. The summed E-state index contributed by atoms with van der Waals surface area (Å²) in [7, 11) is 0. The quantitative estimate of drug-likeness (QED) is 0.409. The van der Waals surface area contributed by atoms with Crippen LogP contribution in [-0.4, -0.2) is 24.1 Å². The number of rotatable bonds is 4. The summed E-state index contributed by atoms with van der Waals surface area (Å²) >= 11 is 0. The van der Waals surface area contributed by atoms with E-state index in [1.54, 1.807) is 18.5 Å². The van der Waals surface area contributed by atoms with Crippen molar-refractivity contribution in [1.82, 2.24) is 24.1 Å². The second kappa shape index (κ2) is 7.54. The first-order valence-electron chi connectivity index (χ1n) is 10.1. The van der Waals surface area contributed by atoms with Crippen LogP contribution in [0.5, 0.6) is 0 Å². The van der Waals surface area contributed by atoms with E-state index >= 15 is 0 Å². The minimum Gasteiger partial charge on any atom is -0.315 e. The zero-order valence-electron chi connectivity index (χ0n) is 17.3. The van der Waals surface area contributed by atoms with Crippen molar-refractivity contribution in [3.63, 3.8) is 0 Å². The summed E-state index contributed by atoms with van der Waals surface area (Å²) in [5.41, 5.74) is 6.60. The molecule has 6 heteroatoms. The molecule has 6 nitrogen and oxygen atoms in total. The van der Waals surface area contributed by atoms with Crippen LogP contribution in [0.15, 0.2) is 79.8 Å². The summed E-state index contributed by atoms with van der Waals surface area (Å²) < 4.78 is 4.21. The molecule has 0 aliphatic carbocycles. The van der Waals surface area contributed by atoms with E-state index in [2.05, 4.69) is 68.4 Å². The smallest absolute Gasteiger partial charge is 0.140 e. The van der Waals surface area contributed by atoms with Gasteiger partial charge in [0, 0.05) is 35.7 Å². The molecule has 5 aromatic rings. The first kappa shape index (κ1) is 18.8. The van der Waals surface area contributed by atoms with Gasteiger partial charge in [-0.1, -0.05) is 19.9 Å². The predicted octanol–water partition coefficient (Wildman–Crippen LogP) is 5.27. The maximum Gasteiger partial charge on any atom is 0.140 e. The molecule has 4 aromatic heterocycles. The summed E-state index contributed by atoms with van der Waals surface area (Å²) in [5, 5.41) is 10.2. The third-order valence-electron chi connectivity index (χ3n) is 5.42. The zero-order valence-corrected chi connectivity index (χ0v) is 17.3. The first-order valence-corrected chi connectivity index (χ1v) is 10.1. The highest BCUT2D eigenvalue weighted by atomic mass is 15.1. The van der Waals surface area contributed by atoms with Gasteiger partial charge in [0.15, 0.2) is 0 Å². The molecule has 0 amide bonds. The number of hydrogen-bond donors (Lipinski definition) is 0. The zero-order chi connectivity index (χ0) is 21.4. The SMILES string of the molecule is CC(C)c1cn(-c2ccc(C#N)nc2)c2cccc(-n3cnc(-c4cccnc4)c3)c12. The number of benzene rings is 1. The van der Waals surface area contributed by atoms with Crippen LogP contribution in [0.2, 0.25) is 0 Å². The monoisotopic (exact) mass is 404 g/mol. The minimum absolute atomic E-state index is 0.331. The van der Waals surface area contributed by atoms with Crippen LogP contribution in [0.4, 0.5) is 0 Å². The molecule has 150 valence electrons. The Bertz CT molecular complexity index is 1400. The lowest BCUT2D eigenvalue weighted by atomic mass is 10.0. The van der Waals surface area contributed by atoms with Crippen LogP contribution < -0.4 is 0 Å². The largest absolute Gasteiger partial charge is 0.315 e. The van der Waals surface area contributed by atoms with Gasteiger partial charge in [-0.15, -0.1) is 0 Å². The van der Waals surface area contributed by atoms with Gasteiger partial charge in [0.2, 0.25) is 0 Å². The van der Waals surface area contributed by atoms with E-state index in [-0.39, 0.29) is 0 Å². The highest BCUT2D eigenvalue weighted by molar-refractivity contribution is 5.93. The van der Waals surface area contributed by atoms with Crippen LogP contribution in [0, 0.1) is 11.3 Å². The van der Waals surface area contributed by atoms with Gasteiger partial charge in [-0.25, -0.2) is 9.97 Å². The molecule has 1 aromatic carbocycles. The minimum atomic E-state index is 0.331. The standard InChI is InChI=1S/C25H20N6/c1-17(2)21-14-31(20-9-8-19(11-26)28-13-20)24-7-3-6-23(25(21)24)30-15-22(29-16-30)18-5-4-10-27-12-18/h3-10,12-17H,1-2H3. The van der Waals surface area contributed by atoms with Crippen molar-refractivity contribution in [2.24, 2.45) is 0 Å². The van der Waals surface area contributed by atoms with Crippen molar-refractivity contribution in [2.75, 3.05) is 0 Å². The van der Waals surface area contributed by atoms with Gasteiger partial charge in [0.05, 0.1) is 35.1 Å². The van der Waals surface area contributed by atoms with Crippen molar-refractivity contribution < 1.29 is 0 Å². The van der Waals surface area contributed by atoms with E-state index in [0.717, 1.165) is 28.1 Å². The van der Waals surface area contributed by atoms with E-state index < -0.39 is 0 Å². The molecule has 0 radical (unpaired) electrons. The Morgan fingerprint density at radius 1 is 0.968 bits per heavy atom. The Morgan fingerprint density at radius 2 is 1.87 bits per heavy atom. The van der Waals surface area contributed by atoms with Crippen molar-refractivity contribution in [1.29, 1.82) is 5.26 Å². The van der Waals surface area contributed by atoms with Gasteiger partial charge in [0.25, 0.3) is 0 Å². The summed E-state index contributed by atoms with van der Waals surface area (Å²) in [5.74, 6) is 0.331. The van der Waals surface area contributed by atoms with E-state index in [0.29, 0.717) is 11.6 Å². The number of aromatic nitrogens is 5. The number of fused-ring (bicyclic) bond motifs is 1. The maximum atomic E-state index is 9.06. The lowest BCUT2D eigenvalue weighted by Gasteiger charge is -2.09. The molecule has 0 atom stereocenters. The average molecular weight is 404 g/mol. The van der Waals surface area contributed by atoms with Gasteiger partial charge >= 0.3 is 0 Å². The van der Waals surface area contributed by atoms with Crippen molar-refractivity contribution in [3.05, 3.63) is 91.0 Å². The number of hydrogen-bond acceptors (Lipinski definition) is 4. The summed E-state index contributed by atoms with van der Waals surface area (Å²) in [6.07, 6.45) is 11.4. The Labute approximate surface area is 180 Å². The second-order valence-electron chi connectivity index (χ2n) is 7.70. The van der Waals surface area contributed by atoms with Crippen molar-refractivity contribution in [2.45, 2.75) is 19.8 Å². The van der Waals surface area contributed by atoms with E-state index in [4.69, 9.17) is 5.26 Å². The van der Waals surface area contributed by atoms with E-state index in [1.165, 1.54) is 10.9 Å². The molecule has 0 unspecified atom stereocenters. The lowest BCUT2D eigenvalue weighted by Crippen LogP contribution is -1.95. The number of nitriles is 1. The third kappa shape index (κ3) is 3.26. The summed E-state index contributed by atoms with van der Waals surface area (Å²) in [6.45, 7) is 4.39. The fraction of sp³-hybridized carbons (Fsp3) is 0.120. The molecule has 0 saturated carbocycles. The van der Waals surface area contributed by atoms with E-state index in [1.807, 2.05) is 36.9 Å². The number of imidazole rings is 1. The maximum absolute atomic E-state index is 9.06. The van der Waals surface area contributed by atoms with Crippen LogP contribution in [-0.2, 0) is 0 Å². The molecule has 0 aliphatic rings. The third-order valence-corrected chi connectivity index (χ3v) is 5.42. The Hall–Kier alpha value is -4.24. The normalized spacial score (nSPS) is 11.2. The van der Waals surface area contributed by atoms with Gasteiger partial charge in [0.1, 0.15) is 11.8 Å². The predicted molar refractivity (Wildman–Crippen MR) is 120 cm³/mol. The molecule has 5 rings (SSSR count). The Balaban J connectivity index is 1.69. The molecule has 0 N–H and O–H groups in total. The fourth-order valence-corrected chi connectivity index (χ4v) is 3.88. The highest BCUT2D eigenvalue weighted by Crippen LogP contribution is 2.34. The van der Waals surface area contributed by atoms with Crippen LogP contribution >= 0.6 is 0 Å². The first-order chi connectivity index (χ1) is 15.2. The highest BCUT2D eigenvalue weighted by Gasteiger charge is 2.17. The molecular weight excluding hydrogens is 384 g/mol. The molecule has 31 heavy (non-hydrogen) atoms. The fourth-order valence-electron chi connectivity index (χ4n) is 3.88. The molecule has 0 aliphatic heterocycles. The van der Waals surface area contributed by atoms with Gasteiger partial charge in [-0.2, -0.15) is 5.26 Å². The molecule has 0 fully saturated rings. The molecular formula is C25H20N6.